The molecule has 0 bridgehead atoms. The van der Waals surface area contributed by atoms with Crippen molar-refractivity contribution in [3.05, 3.63) is 17.2 Å². The van der Waals surface area contributed by atoms with Crippen LogP contribution in [0.5, 0.6) is 0 Å². The summed E-state index contributed by atoms with van der Waals surface area (Å²) in [6, 6.07) is 0. The summed E-state index contributed by atoms with van der Waals surface area (Å²) >= 11 is 0. The molecular formula is C11H20N2O. The second kappa shape index (κ2) is 3.73. The normalized spacial score (nSPS) is 14.4. The van der Waals surface area contributed by atoms with Gasteiger partial charge < -0.3 is 10.1 Å². The molecule has 0 aliphatic rings. The first-order valence-corrected chi connectivity index (χ1v) is 5.11. The fourth-order valence-electron chi connectivity index (χ4n) is 1.35. The van der Waals surface area contributed by atoms with Gasteiger partial charge in [0.15, 0.2) is 0 Å². The van der Waals surface area contributed by atoms with Gasteiger partial charge in [-0.3, -0.25) is 0 Å². The van der Waals surface area contributed by atoms with Crippen molar-refractivity contribution in [1.29, 1.82) is 0 Å². The standard InChI is InChI=1S/C11H20N2O/c1-6-8(14)9-7(2)12-10(13-9)11(3,4)5/h8,14H,6H2,1-5H3,(H,12,13). The quantitative estimate of drug-likeness (QED) is 0.763. The highest BCUT2D eigenvalue weighted by Crippen LogP contribution is 2.24. The molecule has 0 aromatic carbocycles. The van der Waals surface area contributed by atoms with E-state index in [1.165, 1.54) is 0 Å². The Bertz CT molecular complexity index is 310. The largest absolute Gasteiger partial charge is 0.387 e. The van der Waals surface area contributed by atoms with Gasteiger partial charge in [-0.1, -0.05) is 27.7 Å². The molecule has 3 nitrogen and oxygen atoms in total. The molecule has 1 rings (SSSR count). The lowest BCUT2D eigenvalue weighted by Crippen LogP contribution is -2.13. The Labute approximate surface area is 85.6 Å². The molecule has 1 aromatic heterocycles. The van der Waals surface area contributed by atoms with Crippen LogP contribution >= 0.6 is 0 Å². The summed E-state index contributed by atoms with van der Waals surface area (Å²) in [4.78, 5) is 7.67. The first kappa shape index (κ1) is 11.2. The van der Waals surface area contributed by atoms with E-state index in [2.05, 4.69) is 30.7 Å². The molecule has 0 amide bonds. The molecule has 14 heavy (non-hydrogen) atoms. The minimum Gasteiger partial charge on any atom is -0.387 e. The lowest BCUT2D eigenvalue weighted by molar-refractivity contribution is 0.168. The van der Waals surface area contributed by atoms with Crippen molar-refractivity contribution in [3.63, 3.8) is 0 Å². The van der Waals surface area contributed by atoms with Gasteiger partial charge in [0.25, 0.3) is 0 Å². The van der Waals surface area contributed by atoms with E-state index in [0.29, 0.717) is 6.42 Å². The van der Waals surface area contributed by atoms with Crippen LogP contribution in [-0.2, 0) is 5.41 Å². The van der Waals surface area contributed by atoms with Gasteiger partial charge in [-0.15, -0.1) is 0 Å². The average Bonchev–Trinajstić information content (AvgIpc) is 2.45. The summed E-state index contributed by atoms with van der Waals surface area (Å²) < 4.78 is 0. The van der Waals surface area contributed by atoms with E-state index >= 15 is 0 Å². The van der Waals surface area contributed by atoms with Gasteiger partial charge in [0, 0.05) is 11.1 Å². The van der Waals surface area contributed by atoms with Crippen molar-refractivity contribution >= 4 is 0 Å². The Hall–Kier alpha value is -0.830. The van der Waals surface area contributed by atoms with Crippen molar-refractivity contribution in [2.45, 2.75) is 52.6 Å². The van der Waals surface area contributed by atoms with E-state index in [1.54, 1.807) is 0 Å². The van der Waals surface area contributed by atoms with Crippen LogP contribution in [0.3, 0.4) is 0 Å². The number of hydrogen-bond donors (Lipinski definition) is 2. The smallest absolute Gasteiger partial charge is 0.112 e. The Morgan fingerprint density at radius 3 is 2.36 bits per heavy atom. The Balaban J connectivity index is 3.05. The van der Waals surface area contributed by atoms with Crippen LogP contribution in [0.2, 0.25) is 0 Å². The molecule has 1 aromatic rings. The number of nitrogens with one attached hydrogen (secondary N) is 1. The van der Waals surface area contributed by atoms with Gasteiger partial charge >= 0.3 is 0 Å². The van der Waals surface area contributed by atoms with Gasteiger partial charge in [-0.2, -0.15) is 0 Å². The Kier molecular flexibility index (Phi) is 3.00. The number of aryl methyl sites for hydroxylation is 1. The molecule has 0 saturated heterocycles. The van der Waals surface area contributed by atoms with Crippen LogP contribution in [0, 0.1) is 6.92 Å². The average molecular weight is 196 g/mol. The molecule has 0 aliphatic carbocycles. The summed E-state index contributed by atoms with van der Waals surface area (Å²) in [7, 11) is 0. The summed E-state index contributed by atoms with van der Waals surface area (Å²) in [5.74, 6) is 0.942. The Morgan fingerprint density at radius 2 is 2.00 bits per heavy atom. The monoisotopic (exact) mass is 196 g/mol. The molecule has 1 unspecified atom stereocenters. The molecule has 3 heteroatoms. The number of imidazole rings is 1. The molecule has 1 heterocycles. The number of nitrogens with zero attached hydrogens (tertiary/aromatic N) is 1. The highest BCUT2D eigenvalue weighted by Gasteiger charge is 2.21. The molecule has 0 aliphatic heterocycles. The zero-order valence-corrected chi connectivity index (χ0v) is 9.68. The molecule has 80 valence electrons. The first-order valence-electron chi connectivity index (χ1n) is 5.11. The maximum Gasteiger partial charge on any atom is 0.112 e. The van der Waals surface area contributed by atoms with Crippen LogP contribution in [0.25, 0.3) is 0 Å². The second-order valence-corrected chi connectivity index (χ2v) is 4.77. The van der Waals surface area contributed by atoms with Gasteiger partial charge in [0.1, 0.15) is 5.82 Å². The number of aliphatic hydroxyl groups excluding tert-OH is 1. The predicted octanol–water partition coefficient (Wildman–Crippen LogP) is 2.46. The zero-order chi connectivity index (χ0) is 10.9. The number of rotatable bonds is 2. The molecular weight excluding hydrogens is 176 g/mol. The van der Waals surface area contributed by atoms with Crippen LogP contribution in [0.1, 0.15) is 57.4 Å². The van der Waals surface area contributed by atoms with Gasteiger partial charge in [0.05, 0.1) is 11.8 Å². The number of hydrogen-bond acceptors (Lipinski definition) is 2. The maximum atomic E-state index is 9.71. The number of aromatic nitrogens is 2. The van der Waals surface area contributed by atoms with E-state index in [4.69, 9.17) is 0 Å². The number of H-pyrrole nitrogens is 1. The van der Waals surface area contributed by atoms with Crippen molar-refractivity contribution in [1.82, 2.24) is 9.97 Å². The van der Waals surface area contributed by atoms with Crippen LogP contribution in [-0.4, -0.2) is 15.1 Å². The number of aliphatic hydroxyl groups is 1. The van der Waals surface area contributed by atoms with Crippen molar-refractivity contribution in [2.24, 2.45) is 0 Å². The van der Waals surface area contributed by atoms with E-state index in [-0.39, 0.29) is 5.41 Å². The fourth-order valence-corrected chi connectivity index (χ4v) is 1.35. The summed E-state index contributed by atoms with van der Waals surface area (Å²) in [5, 5.41) is 9.71. The predicted molar refractivity (Wildman–Crippen MR) is 57.3 cm³/mol. The van der Waals surface area contributed by atoms with Crippen molar-refractivity contribution in [2.75, 3.05) is 0 Å². The lowest BCUT2D eigenvalue weighted by Gasteiger charge is -2.14. The van der Waals surface area contributed by atoms with E-state index in [0.717, 1.165) is 17.2 Å². The van der Waals surface area contributed by atoms with Crippen LogP contribution in [0.4, 0.5) is 0 Å². The second-order valence-electron chi connectivity index (χ2n) is 4.77. The molecule has 0 fully saturated rings. The van der Waals surface area contributed by atoms with Gasteiger partial charge in [-0.05, 0) is 13.3 Å². The molecule has 0 radical (unpaired) electrons. The van der Waals surface area contributed by atoms with Gasteiger partial charge in [0.2, 0.25) is 0 Å². The Morgan fingerprint density at radius 1 is 1.43 bits per heavy atom. The lowest BCUT2D eigenvalue weighted by atomic mass is 9.96. The van der Waals surface area contributed by atoms with Crippen LogP contribution < -0.4 is 0 Å². The van der Waals surface area contributed by atoms with E-state index in [9.17, 15) is 5.11 Å². The van der Waals surface area contributed by atoms with E-state index in [1.807, 2.05) is 13.8 Å². The third kappa shape index (κ3) is 2.15. The van der Waals surface area contributed by atoms with E-state index < -0.39 is 6.10 Å². The SMILES string of the molecule is CCC(O)c1nc(C(C)(C)C)[nH]c1C. The molecule has 0 spiro atoms. The maximum absolute atomic E-state index is 9.71. The molecule has 1 atom stereocenters. The molecule has 0 saturated carbocycles. The van der Waals surface area contributed by atoms with Crippen molar-refractivity contribution in [3.8, 4) is 0 Å². The first-order chi connectivity index (χ1) is 6.36. The topological polar surface area (TPSA) is 48.9 Å². The summed E-state index contributed by atoms with van der Waals surface area (Å²) in [6.07, 6.45) is 0.261. The van der Waals surface area contributed by atoms with Crippen molar-refractivity contribution < 1.29 is 5.11 Å². The minimum atomic E-state index is -0.442. The third-order valence-electron chi connectivity index (χ3n) is 2.34. The summed E-state index contributed by atoms with van der Waals surface area (Å²) in [6.45, 7) is 10.2. The van der Waals surface area contributed by atoms with Gasteiger partial charge in [-0.25, -0.2) is 4.98 Å². The number of aromatic amines is 1. The zero-order valence-electron chi connectivity index (χ0n) is 9.68. The fraction of sp³-hybridized carbons (Fsp3) is 0.727. The van der Waals surface area contributed by atoms with Crippen LogP contribution in [0.15, 0.2) is 0 Å². The highest BCUT2D eigenvalue weighted by atomic mass is 16.3. The highest BCUT2D eigenvalue weighted by molar-refractivity contribution is 5.19. The molecule has 2 N–H and O–H groups in total. The minimum absolute atomic E-state index is 0.0104. The third-order valence-corrected chi connectivity index (χ3v) is 2.34. The summed E-state index contributed by atoms with van der Waals surface area (Å²) in [5.41, 5.74) is 1.78.